The average Bonchev–Trinajstić information content (AvgIpc) is 3.14. The fraction of sp³-hybridized carbons (Fsp3) is 0.243. The van der Waals surface area contributed by atoms with Crippen LogP contribution in [0.2, 0.25) is 0 Å². The second kappa shape index (κ2) is 16.5. The van der Waals surface area contributed by atoms with Gasteiger partial charge in [0.2, 0.25) is 6.29 Å². The summed E-state index contributed by atoms with van der Waals surface area (Å²) in [6, 6.07) is 32.6. The second-order valence-electron chi connectivity index (χ2n) is 10.8. The first kappa shape index (κ1) is 34.0. The number of hydrogen-bond acceptors (Lipinski definition) is 11. The molecule has 0 aliphatic carbocycles. The third-order valence-corrected chi connectivity index (χ3v) is 7.45. The molecule has 0 amide bonds. The summed E-state index contributed by atoms with van der Waals surface area (Å²) in [5.74, 6) is -3.05. The average molecular weight is 654 g/mol. The minimum Gasteiger partial charge on any atom is -0.459 e. The number of hydrogen-bond donors (Lipinski definition) is 1. The maximum absolute atomic E-state index is 13.6. The highest BCUT2D eigenvalue weighted by Gasteiger charge is 2.54. The van der Waals surface area contributed by atoms with Crippen molar-refractivity contribution in [3.8, 4) is 0 Å². The number of rotatable bonds is 12. The molecular weight excluding hydrogens is 618 g/mol. The van der Waals surface area contributed by atoms with E-state index >= 15 is 0 Å². The molecule has 2 N–H and O–H groups in total. The first-order valence-corrected chi connectivity index (χ1v) is 15.4. The monoisotopic (exact) mass is 653 g/mol. The minimum absolute atomic E-state index is 0.181. The Morgan fingerprint density at radius 2 is 0.958 bits per heavy atom. The summed E-state index contributed by atoms with van der Waals surface area (Å²) in [5.41, 5.74) is 7.00. The van der Waals surface area contributed by atoms with Crippen LogP contribution in [0.5, 0.6) is 0 Å². The molecule has 2 unspecified atom stereocenters. The Bertz CT molecular complexity index is 1650. The van der Waals surface area contributed by atoms with Crippen molar-refractivity contribution in [2.24, 2.45) is 5.73 Å². The van der Waals surface area contributed by atoms with Crippen molar-refractivity contribution < 1.29 is 47.6 Å². The SMILES string of the molecule is CCC(N)OC1O[C@H](COC(=O)c2ccccc2)[C@H](OC(=O)c2ccccc2)[C@H](OC(=O)c2ccccc2)[C@H]1OC(=O)c1ccccc1. The van der Waals surface area contributed by atoms with Crippen molar-refractivity contribution in [1.29, 1.82) is 0 Å². The van der Waals surface area contributed by atoms with Gasteiger partial charge in [0.25, 0.3) is 0 Å². The van der Waals surface area contributed by atoms with Crippen LogP contribution in [0.3, 0.4) is 0 Å². The van der Waals surface area contributed by atoms with Gasteiger partial charge in [-0.1, -0.05) is 79.7 Å². The minimum atomic E-state index is -1.51. The molecule has 0 radical (unpaired) electrons. The molecule has 11 nitrogen and oxygen atoms in total. The second-order valence-corrected chi connectivity index (χ2v) is 10.8. The summed E-state index contributed by atoms with van der Waals surface area (Å²) < 4.78 is 35.7. The quantitative estimate of drug-likeness (QED) is 0.126. The molecule has 6 atom stereocenters. The Labute approximate surface area is 277 Å². The smallest absolute Gasteiger partial charge is 0.338 e. The molecule has 5 rings (SSSR count). The molecule has 1 aliphatic heterocycles. The number of ether oxygens (including phenoxy) is 6. The highest BCUT2D eigenvalue weighted by atomic mass is 16.7. The maximum atomic E-state index is 13.6. The zero-order valence-corrected chi connectivity index (χ0v) is 26.1. The predicted molar refractivity (Wildman–Crippen MR) is 172 cm³/mol. The highest BCUT2D eigenvalue weighted by Crippen LogP contribution is 2.32. The van der Waals surface area contributed by atoms with Gasteiger partial charge in [-0.2, -0.15) is 0 Å². The lowest BCUT2D eigenvalue weighted by Gasteiger charge is -2.44. The molecule has 4 aromatic carbocycles. The van der Waals surface area contributed by atoms with Crippen LogP contribution >= 0.6 is 0 Å². The van der Waals surface area contributed by atoms with Crippen molar-refractivity contribution in [3.05, 3.63) is 144 Å². The molecule has 0 bridgehead atoms. The molecule has 1 fully saturated rings. The van der Waals surface area contributed by atoms with E-state index in [2.05, 4.69) is 0 Å². The standard InChI is InChI=1S/C37H35NO10/c1-2-29(38)45-37-32(48-36(42)27-21-13-6-14-22-27)31(47-35(41)26-19-11-5-12-20-26)30(46-34(40)25-17-9-4-10-18-25)28(44-37)23-43-33(39)24-15-7-3-8-16-24/h3-22,28-32,37H,2,23,38H2,1H3/t28-,29?,30+,31+,32-,37?/m1/s1. The Hall–Kier alpha value is -5.36. The Morgan fingerprint density at radius 3 is 1.38 bits per heavy atom. The van der Waals surface area contributed by atoms with Gasteiger partial charge in [-0.3, -0.25) is 0 Å². The summed E-state index contributed by atoms with van der Waals surface area (Å²) in [6.45, 7) is 1.31. The predicted octanol–water partition coefficient (Wildman–Crippen LogP) is 4.96. The van der Waals surface area contributed by atoms with Gasteiger partial charge in [0.05, 0.1) is 22.3 Å². The van der Waals surface area contributed by atoms with Crippen LogP contribution in [0.25, 0.3) is 0 Å². The first-order chi connectivity index (χ1) is 23.3. The van der Waals surface area contributed by atoms with Gasteiger partial charge in [-0.15, -0.1) is 0 Å². The van der Waals surface area contributed by atoms with Gasteiger partial charge in [0.15, 0.2) is 18.3 Å². The Kier molecular flexibility index (Phi) is 11.7. The Morgan fingerprint density at radius 1 is 0.583 bits per heavy atom. The van der Waals surface area contributed by atoms with Crippen LogP contribution in [-0.2, 0) is 28.4 Å². The lowest BCUT2D eigenvalue weighted by molar-refractivity contribution is -0.308. The van der Waals surface area contributed by atoms with Gasteiger partial charge in [-0.05, 0) is 55.0 Å². The van der Waals surface area contributed by atoms with Crippen molar-refractivity contribution in [2.75, 3.05) is 6.61 Å². The zero-order chi connectivity index (χ0) is 33.9. The molecule has 48 heavy (non-hydrogen) atoms. The highest BCUT2D eigenvalue weighted by molar-refractivity contribution is 5.91. The summed E-state index contributed by atoms with van der Waals surface area (Å²) in [6.07, 6.45) is -7.71. The number of carbonyl (C=O) groups is 4. The summed E-state index contributed by atoms with van der Waals surface area (Å²) >= 11 is 0. The van der Waals surface area contributed by atoms with Crippen LogP contribution in [-0.4, -0.2) is 67.4 Å². The molecule has 0 spiro atoms. The van der Waals surface area contributed by atoms with Gasteiger partial charge < -0.3 is 34.2 Å². The maximum Gasteiger partial charge on any atom is 0.338 e. The molecule has 0 saturated carbocycles. The fourth-order valence-electron chi connectivity index (χ4n) is 4.91. The number of carbonyl (C=O) groups excluding carboxylic acids is 4. The van der Waals surface area contributed by atoms with Crippen molar-refractivity contribution in [3.63, 3.8) is 0 Å². The molecule has 1 heterocycles. The molecular formula is C37H35NO10. The van der Waals surface area contributed by atoms with Crippen molar-refractivity contribution in [1.82, 2.24) is 0 Å². The first-order valence-electron chi connectivity index (χ1n) is 15.4. The lowest BCUT2D eigenvalue weighted by atomic mass is 9.97. The van der Waals surface area contributed by atoms with Gasteiger partial charge in [-0.25, -0.2) is 19.2 Å². The molecule has 1 aliphatic rings. The van der Waals surface area contributed by atoms with E-state index in [0.29, 0.717) is 6.42 Å². The summed E-state index contributed by atoms with van der Waals surface area (Å²) in [4.78, 5) is 53.5. The van der Waals surface area contributed by atoms with Crippen molar-refractivity contribution >= 4 is 23.9 Å². The van der Waals surface area contributed by atoms with Gasteiger partial charge in [0.1, 0.15) is 18.9 Å². The van der Waals surface area contributed by atoms with Gasteiger partial charge in [0, 0.05) is 0 Å². The zero-order valence-electron chi connectivity index (χ0n) is 26.1. The van der Waals surface area contributed by atoms with E-state index < -0.39 is 67.4 Å². The molecule has 4 aromatic rings. The lowest BCUT2D eigenvalue weighted by Crippen LogP contribution is -2.63. The molecule has 1 saturated heterocycles. The van der Waals surface area contributed by atoms with Gasteiger partial charge >= 0.3 is 23.9 Å². The van der Waals surface area contributed by atoms with E-state index in [1.165, 1.54) is 12.1 Å². The van der Waals surface area contributed by atoms with E-state index in [9.17, 15) is 19.2 Å². The third-order valence-electron chi connectivity index (χ3n) is 7.45. The van der Waals surface area contributed by atoms with Crippen LogP contribution in [0.1, 0.15) is 54.8 Å². The topological polar surface area (TPSA) is 150 Å². The summed E-state index contributed by atoms with van der Waals surface area (Å²) in [5, 5.41) is 0. The molecule has 11 heteroatoms. The van der Waals surface area contributed by atoms with Crippen LogP contribution < -0.4 is 5.73 Å². The largest absolute Gasteiger partial charge is 0.459 e. The van der Waals surface area contributed by atoms with E-state index in [1.54, 1.807) is 116 Å². The third kappa shape index (κ3) is 8.71. The van der Waals surface area contributed by atoms with Crippen LogP contribution in [0.4, 0.5) is 0 Å². The number of nitrogens with two attached hydrogens (primary N) is 1. The number of benzene rings is 4. The van der Waals surface area contributed by atoms with Crippen LogP contribution in [0, 0.1) is 0 Å². The Balaban J connectivity index is 1.55. The number of esters is 4. The van der Waals surface area contributed by atoms with Crippen molar-refractivity contribution in [2.45, 2.75) is 50.3 Å². The normalized spacial score (nSPS) is 20.9. The van der Waals surface area contributed by atoms with Crippen LogP contribution in [0.15, 0.2) is 121 Å². The molecule has 248 valence electrons. The summed E-state index contributed by atoms with van der Waals surface area (Å²) in [7, 11) is 0. The van der Waals surface area contributed by atoms with E-state index in [0.717, 1.165) is 0 Å². The van der Waals surface area contributed by atoms with E-state index in [4.69, 9.17) is 34.2 Å². The molecule has 0 aromatic heterocycles. The van der Waals surface area contributed by atoms with E-state index in [1.807, 2.05) is 0 Å². The fourth-order valence-corrected chi connectivity index (χ4v) is 4.91. The van der Waals surface area contributed by atoms with E-state index in [-0.39, 0.29) is 22.3 Å².